The Morgan fingerprint density at radius 3 is 2.14 bits per heavy atom. The van der Waals surface area contributed by atoms with E-state index in [1.54, 1.807) is 18.9 Å². The van der Waals surface area contributed by atoms with Crippen molar-refractivity contribution in [3.8, 4) is 45.3 Å². The average Bonchev–Trinajstić information content (AvgIpc) is 3.58. The Kier molecular flexibility index (Phi) is 13.2. The molecule has 0 radical (unpaired) electrons. The van der Waals surface area contributed by atoms with E-state index in [0.29, 0.717) is 97.4 Å². The minimum absolute atomic E-state index is 0.0374. The van der Waals surface area contributed by atoms with Gasteiger partial charge in [-0.1, -0.05) is 71.2 Å². The number of hydrogen-bond acceptors (Lipinski definition) is 9. The summed E-state index contributed by atoms with van der Waals surface area (Å²) in [7, 11) is 3.13. The summed E-state index contributed by atoms with van der Waals surface area (Å²) in [6.45, 7) is 8.46. The van der Waals surface area contributed by atoms with E-state index in [0.717, 1.165) is 10.9 Å². The van der Waals surface area contributed by atoms with Gasteiger partial charge in [0.25, 0.3) is 0 Å². The first kappa shape index (κ1) is 42.0. The maximum atomic E-state index is 13.3. The highest BCUT2D eigenvalue weighted by Crippen LogP contribution is 2.43. The molecule has 5 aromatic rings. The number of methoxy groups -OCH3 is 2. The van der Waals surface area contributed by atoms with E-state index in [-0.39, 0.29) is 25.0 Å². The topological polar surface area (TPSA) is 135 Å². The molecule has 6 rings (SSSR count). The lowest BCUT2D eigenvalue weighted by Gasteiger charge is -2.29. The number of pyridine rings is 2. The minimum Gasteiger partial charge on any atom is -0.496 e. The van der Waals surface area contributed by atoms with Crippen LogP contribution in [0.4, 0.5) is 4.79 Å². The quantitative estimate of drug-likeness (QED) is 0.106. The molecule has 11 nitrogen and oxygen atoms in total. The maximum absolute atomic E-state index is 13.3. The van der Waals surface area contributed by atoms with Crippen LogP contribution in [0.2, 0.25) is 15.1 Å². The first-order valence-electron chi connectivity index (χ1n) is 18.6. The van der Waals surface area contributed by atoms with Gasteiger partial charge >= 0.3 is 6.09 Å². The normalized spacial score (nSPS) is 14.7. The van der Waals surface area contributed by atoms with Gasteiger partial charge < -0.3 is 34.9 Å². The summed E-state index contributed by atoms with van der Waals surface area (Å²) in [4.78, 5) is 36.5. The van der Waals surface area contributed by atoms with Crippen molar-refractivity contribution in [2.75, 3.05) is 27.3 Å². The Labute approximate surface area is 347 Å². The van der Waals surface area contributed by atoms with Crippen LogP contribution in [0.15, 0.2) is 66.7 Å². The van der Waals surface area contributed by atoms with E-state index < -0.39 is 17.8 Å². The molecule has 2 atom stereocenters. The number of hydrogen-bond donors (Lipinski definition) is 3. The monoisotopic (exact) mass is 833 g/mol. The van der Waals surface area contributed by atoms with Gasteiger partial charge in [-0.05, 0) is 64.4 Å². The van der Waals surface area contributed by atoms with Crippen molar-refractivity contribution in [1.29, 1.82) is 0 Å². The number of carbonyl (C=O) groups is 2. The Morgan fingerprint density at radius 1 is 0.930 bits per heavy atom. The molecule has 3 heterocycles. The third kappa shape index (κ3) is 9.73. The van der Waals surface area contributed by atoms with Gasteiger partial charge in [0.05, 0.1) is 58.8 Å². The van der Waals surface area contributed by atoms with Crippen molar-refractivity contribution in [2.45, 2.75) is 71.4 Å². The standard InChI is InChI=1S/C43H46Cl3N5O6/c1-24(52)20-47-21-26-19-33(44)39-32(40(26)55-5)15-17-34(49-39)30-11-7-9-28(37(30)45)29-10-8-12-31(38(29)46)35-16-13-25(41(50-35)56-6)22-51(42(54)57-43(2,3)4)23-27-14-18-36(53)48-27/h7-13,15-17,19,24,27,47,52H,14,18,20-23H2,1-6H3,(H,48,53)/t24-,27-/m0/s1. The Bertz CT molecular complexity index is 2300. The molecule has 0 bridgehead atoms. The molecule has 3 N–H and O–H groups in total. The fourth-order valence-corrected chi connectivity index (χ4v) is 7.76. The third-order valence-corrected chi connectivity index (χ3v) is 10.5. The predicted molar refractivity (Wildman–Crippen MR) is 225 cm³/mol. The summed E-state index contributed by atoms with van der Waals surface area (Å²) >= 11 is 21.1. The second-order valence-corrected chi connectivity index (χ2v) is 16.1. The van der Waals surface area contributed by atoms with E-state index in [2.05, 4.69) is 10.6 Å². The molecule has 14 heteroatoms. The van der Waals surface area contributed by atoms with Gasteiger partial charge in [0, 0.05) is 70.9 Å². The number of aliphatic hydroxyl groups is 1. The number of nitrogens with one attached hydrogen (secondary N) is 2. The highest BCUT2D eigenvalue weighted by molar-refractivity contribution is 6.39. The van der Waals surface area contributed by atoms with Crippen LogP contribution in [0.25, 0.3) is 44.5 Å². The van der Waals surface area contributed by atoms with Gasteiger partial charge in [0.15, 0.2) is 0 Å². The zero-order valence-corrected chi connectivity index (χ0v) is 35.0. The van der Waals surface area contributed by atoms with Crippen molar-refractivity contribution in [3.05, 3.63) is 92.9 Å². The van der Waals surface area contributed by atoms with Crippen LogP contribution in [-0.4, -0.2) is 77.0 Å². The summed E-state index contributed by atoms with van der Waals surface area (Å²) in [5, 5.41) is 17.9. The molecule has 1 fully saturated rings. The highest BCUT2D eigenvalue weighted by atomic mass is 35.5. The summed E-state index contributed by atoms with van der Waals surface area (Å²) in [5.74, 6) is 0.927. The zero-order chi connectivity index (χ0) is 41.0. The fourth-order valence-electron chi connectivity index (χ4n) is 6.83. The zero-order valence-electron chi connectivity index (χ0n) is 32.7. The molecular weight excluding hydrogens is 789 g/mol. The number of aromatic nitrogens is 2. The van der Waals surface area contributed by atoms with Crippen LogP contribution < -0.4 is 20.1 Å². The number of amides is 2. The first-order chi connectivity index (χ1) is 27.2. The molecular formula is C43H46Cl3N5O6. The van der Waals surface area contributed by atoms with Crippen molar-refractivity contribution in [2.24, 2.45) is 0 Å². The van der Waals surface area contributed by atoms with Crippen LogP contribution in [0.3, 0.4) is 0 Å². The molecule has 300 valence electrons. The Morgan fingerprint density at radius 2 is 1.56 bits per heavy atom. The third-order valence-electron chi connectivity index (χ3n) is 9.43. The van der Waals surface area contributed by atoms with Crippen LogP contribution in [0, 0.1) is 0 Å². The molecule has 2 amide bonds. The maximum Gasteiger partial charge on any atom is 0.410 e. The number of benzene rings is 3. The Hall–Kier alpha value is -4.65. The highest BCUT2D eigenvalue weighted by Gasteiger charge is 2.29. The number of ether oxygens (including phenoxy) is 3. The fraction of sp³-hybridized carbons (Fsp3) is 0.349. The van der Waals surface area contributed by atoms with Crippen LogP contribution in [0.1, 0.15) is 51.7 Å². The molecule has 57 heavy (non-hydrogen) atoms. The molecule has 0 unspecified atom stereocenters. The summed E-state index contributed by atoms with van der Waals surface area (Å²) in [6, 6.07) is 20.4. The molecule has 0 aliphatic carbocycles. The van der Waals surface area contributed by atoms with E-state index in [4.69, 9.17) is 59.0 Å². The van der Waals surface area contributed by atoms with Crippen LogP contribution in [0.5, 0.6) is 11.6 Å². The second kappa shape index (κ2) is 17.9. The summed E-state index contributed by atoms with van der Waals surface area (Å²) in [5.41, 5.74) is 5.26. The summed E-state index contributed by atoms with van der Waals surface area (Å²) in [6.07, 6.45) is 0.0514. The molecule has 0 saturated carbocycles. The largest absolute Gasteiger partial charge is 0.496 e. The first-order valence-corrected chi connectivity index (χ1v) is 19.7. The van der Waals surface area contributed by atoms with Gasteiger partial charge in [0.1, 0.15) is 11.4 Å². The van der Waals surface area contributed by atoms with Crippen molar-refractivity contribution < 1.29 is 28.9 Å². The van der Waals surface area contributed by atoms with Gasteiger partial charge in [-0.3, -0.25) is 4.79 Å². The number of halogens is 3. The molecule has 2 aromatic heterocycles. The predicted octanol–water partition coefficient (Wildman–Crippen LogP) is 9.09. The molecule has 0 spiro atoms. The molecule has 1 saturated heterocycles. The minimum atomic E-state index is -0.707. The summed E-state index contributed by atoms with van der Waals surface area (Å²) < 4.78 is 17.2. The molecule has 1 aliphatic rings. The lowest BCUT2D eigenvalue weighted by Crippen LogP contribution is -2.43. The lowest BCUT2D eigenvalue weighted by molar-refractivity contribution is -0.119. The van der Waals surface area contributed by atoms with Crippen molar-refractivity contribution >= 4 is 57.7 Å². The van der Waals surface area contributed by atoms with Gasteiger partial charge in [-0.15, -0.1) is 0 Å². The lowest BCUT2D eigenvalue weighted by atomic mass is 9.97. The van der Waals surface area contributed by atoms with E-state index in [1.807, 2.05) is 87.5 Å². The van der Waals surface area contributed by atoms with Gasteiger partial charge in [-0.2, -0.15) is 0 Å². The molecule has 3 aromatic carbocycles. The second-order valence-electron chi connectivity index (χ2n) is 15.0. The van der Waals surface area contributed by atoms with E-state index in [1.165, 1.54) is 7.11 Å². The van der Waals surface area contributed by atoms with Crippen LogP contribution in [-0.2, 0) is 22.6 Å². The van der Waals surface area contributed by atoms with Gasteiger partial charge in [-0.25, -0.2) is 14.8 Å². The van der Waals surface area contributed by atoms with Crippen LogP contribution >= 0.6 is 34.8 Å². The van der Waals surface area contributed by atoms with Crippen molar-refractivity contribution in [1.82, 2.24) is 25.5 Å². The average molecular weight is 835 g/mol. The Balaban J connectivity index is 1.30. The number of rotatable bonds is 13. The number of nitrogens with zero attached hydrogens (tertiary/aromatic N) is 3. The van der Waals surface area contributed by atoms with Gasteiger partial charge in [0.2, 0.25) is 11.8 Å². The number of carbonyl (C=O) groups excluding carboxylic acids is 2. The SMILES string of the molecule is COc1nc(-c2cccc(-c3cccc(-c4ccc5c(OC)c(CNC[C@H](C)O)cc(Cl)c5n4)c3Cl)c2Cl)ccc1CN(C[C@@H]1CCC(=O)N1)C(=O)OC(C)(C)C. The smallest absolute Gasteiger partial charge is 0.410 e. The van der Waals surface area contributed by atoms with E-state index >= 15 is 0 Å². The number of aliphatic hydroxyl groups excluding tert-OH is 1. The number of fused-ring (bicyclic) bond motifs is 1. The van der Waals surface area contributed by atoms with E-state index in [9.17, 15) is 14.7 Å². The van der Waals surface area contributed by atoms with Crippen molar-refractivity contribution in [3.63, 3.8) is 0 Å². The molecule has 1 aliphatic heterocycles.